The lowest BCUT2D eigenvalue weighted by Gasteiger charge is -2.13. The summed E-state index contributed by atoms with van der Waals surface area (Å²) in [4.78, 5) is 3.66. The second-order valence-electron chi connectivity index (χ2n) is 3.23. The van der Waals surface area contributed by atoms with Crippen molar-refractivity contribution in [3.8, 4) is 0 Å². The smallest absolute Gasteiger partial charge is 0.145 e. The summed E-state index contributed by atoms with van der Waals surface area (Å²) in [6.07, 6.45) is 2.24. The predicted octanol–water partition coefficient (Wildman–Crippen LogP) is 0.268. The fourth-order valence-electron chi connectivity index (χ4n) is 1.67. The van der Waals surface area contributed by atoms with E-state index in [0.717, 1.165) is 0 Å². The van der Waals surface area contributed by atoms with E-state index in [1.165, 1.54) is 6.20 Å². The van der Waals surface area contributed by atoms with Gasteiger partial charge in [0.2, 0.25) is 0 Å². The van der Waals surface area contributed by atoms with Gasteiger partial charge in [-0.2, -0.15) is 0 Å². The number of rotatable bonds is 1. The highest BCUT2D eigenvalue weighted by Crippen LogP contribution is 2.24. The lowest BCUT2D eigenvalue weighted by Crippen LogP contribution is -2.17. The molecular weight excluding hydrogens is 171 g/mol. The van der Waals surface area contributed by atoms with Gasteiger partial charge in [0.15, 0.2) is 0 Å². The van der Waals surface area contributed by atoms with Gasteiger partial charge >= 0.3 is 0 Å². The minimum Gasteiger partial charge on any atom is -0.391 e. The predicted molar refractivity (Wildman–Crippen MR) is 45.8 cm³/mol. The number of nitrogens with zero attached hydrogens (tertiary/aromatic N) is 1. The molecule has 1 fully saturated rings. The van der Waals surface area contributed by atoms with Crippen molar-refractivity contribution in [2.24, 2.45) is 0 Å². The van der Waals surface area contributed by atoms with E-state index < -0.39 is 6.10 Å². The summed E-state index contributed by atoms with van der Waals surface area (Å²) in [5.41, 5.74) is 0.549. The molecule has 1 saturated heterocycles. The van der Waals surface area contributed by atoms with Gasteiger partial charge < -0.3 is 10.4 Å². The normalized spacial score (nSPS) is 27.8. The lowest BCUT2D eigenvalue weighted by molar-refractivity contribution is 0.176. The summed E-state index contributed by atoms with van der Waals surface area (Å²) < 4.78 is 13.2. The number of hydrogen-bond donors (Lipinski definition) is 2. The number of aromatic nitrogens is 1. The molecule has 4 heteroatoms. The zero-order chi connectivity index (χ0) is 9.26. The van der Waals surface area contributed by atoms with Crippen molar-refractivity contribution in [3.05, 3.63) is 29.8 Å². The van der Waals surface area contributed by atoms with Crippen LogP contribution in [0.4, 0.5) is 4.39 Å². The quantitative estimate of drug-likeness (QED) is 0.655. The van der Waals surface area contributed by atoms with Crippen LogP contribution in [0.2, 0.25) is 0 Å². The highest BCUT2D eigenvalue weighted by atomic mass is 19.1. The Balaban J connectivity index is 2.29. The Morgan fingerprint density at radius 2 is 2.38 bits per heavy atom. The van der Waals surface area contributed by atoms with Crippen LogP contribution in [0.1, 0.15) is 11.5 Å². The summed E-state index contributed by atoms with van der Waals surface area (Å²) in [6.45, 7) is 1.16. The van der Waals surface area contributed by atoms with Crippen molar-refractivity contribution < 1.29 is 9.50 Å². The Hall–Kier alpha value is -1.00. The van der Waals surface area contributed by atoms with E-state index in [0.29, 0.717) is 18.7 Å². The van der Waals surface area contributed by atoms with Crippen molar-refractivity contribution in [3.63, 3.8) is 0 Å². The standard InChI is InChI=1S/C9H11FN2O/c10-8-4-11-2-1-6(8)7-3-12-5-9(7)13/h1-2,4,7,9,12-13H,3,5H2/t7-,9+/m0/s1. The SMILES string of the molecule is O[C@@H]1CNC[C@H]1c1ccncc1F. The largest absolute Gasteiger partial charge is 0.391 e. The molecule has 0 bridgehead atoms. The Labute approximate surface area is 75.6 Å². The van der Waals surface area contributed by atoms with Crippen molar-refractivity contribution in [2.45, 2.75) is 12.0 Å². The highest BCUT2D eigenvalue weighted by Gasteiger charge is 2.28. The molecule has 0 aromatic carbocycles. The first kappa shape index (κ1) is 8.59. The average molecular weight is 182 g/mol. The van der Waals surface area contributed by atoms with Crippen LogP contribution < -0.4 is 5.32 Å². The monoisotopic (exact) mass is 182 g/mol. The van der Waals surface area contributed by atoms with Gasteiger partial charge in [0, 0.05) is 25.2 Å². The molecule has 0 aliphatic carbocycles. The van der Waals surface area contributed by atoms with Crippen LogP contribution in [0.25, 0.3) is 0 Å². The summed E-state index contributed by atoms with van der Waals surface area (Å²) in [6, 6.07) is 1.62. The molecule has 1 aliphatic heterocycles. The molecule has 0 amide bonds. The van der Waals surface area contributed by atoms with Crippen LogP contribution in [0.5, 0.6) is 0 Å². The molecule has 2 atom stereocenters. The van der Waals surface area contributed by atoms with Crippen LogP contribution in [-0.4, -0.2) is 29.3 Å². The Morgan fingerprint density at radius 3 is 3.00 bits per heavy atom. The number of hydrogen-bond acceptors (Lipinski definition) is 3. The molecule has 1 aromatic heterocycles. The molecule has 0 radical (unpaired) electrons. The molecule has 13 heavy (non-hydrogen) atoms. The zero-order valence-electron chi connectivity index (χ0n) is 7.07. The molecule has 2 rings (SSSR count). The minimum atomic E-state index is -0.489. The fraction of sp³-hybridized carbons (Fsp3) is 0.444. The van der Waals surface area contributed by atoms with E-state index in [1.807, 2.05) is 0 Å². The van der Waals surface area contributed by atoms with Crippen LogP contribution in [0.3, 0.4) is 0 Å². The second-order valence-corrected chi connectivity index (χ2v) is 3.23. The first-order valence-electron chi connectivity index (χ1n) is 4.27. The third-order valence-corrected chi connectivity index (χ3v) is 2.39. The number of nitrogens with one attached hydrogen (secondary N) is 1. The maximum Gasteiger partial charge on any atom is 0.145 e. The van der Waals surface area contributed by atoms with Gasteiger partial charge in [-0.3, -0.25) is 4.98 Å². The van der Waals surface area contributed by atoms with E-state index in [2.05, 4.69) is 10.3 Å². The third-order valence-electron chi connectivity index (χ3n) is 2.39. The van der Waals surface area contributed by atoms with Crippen LogP contribution in [0.15, 0.2) is 18.5 Å². The van der Waals surface area contributed by atoms with Gasteiger partial charge in [-0.15, -0.1) is 0 Å². The topological polar surface area (TPSA) is 45.1 Å². The molecule has 0 unspecified atom stereocenters. The first-order valence-corrected chi connectivity index (χ1v) is 4.27. The molecule has 3 nitrogen and oxygen atoms in total. The summed E-state index contributed by atoms with van der Waals surface area (Å²) >= 11 is 0. The van der Waals surface area contributed by atoms with Crippen molar-refractivity contribution >= 4 is 0 Å². The second kappa shape index (κ2) is 3.40. The van der Waals surface area contributed by atoms with Crippen LogP contribution in [-0.2, 0) is 0 Å². The highest BCUT2D eigenvalue weighted by molar-refractivity contribution is 5.21. The molecule has 1 aliphatic rings. The summed E-state index contributed by atoms with van der Waals surface area (Å²) in [5.74, 6) is -0.474. The number of aliphatic hydroxyl groups excluding tert-OH is 1. The van der Waals surface area contributed by atoms with Crippen LogP contribution in [0, 0.1) is 5.82 Å². The third kappa shape index (κ3) is 1.55. The van der Waals surface area contributed by atoms with Crippen molar-refractivity contribution in [1.29, 1.82) is 0 Å². The molecule has 0 spiro atoms. The van der Waals surface area contributed by atoms with E-state index in [9.17, 15) is 9.50 Å². The Bertz CT molecular complexity index is 305. The fourth-order valence-corrected chi connectivity index (χ4v) is 1.67. The number of β-amino-alcohol motifs (C(OH)–C–C–N with tert-alkyl or cyclic N) is 1. The molecule has 2 N–H and O–H groups in total. The molecule has 70 valence electrons. The molecule has 2 heterocycles. The number of aliphatic hydroxyl groups is 1. The molecular formula is C9H11FN2O. The van der Waals surface area contributed by atoms with E-state index >= 15 is 0 Å². The van der Waals surface area contributed by atoms with E-state index in [-0.39, 0.29) is 11.7 Å². The van der Waals surface area contributed by atoms with Crippen LogP contribution >= 0.6 is 0 Å². The Kier molecular flexibility index (Phi) is 2.24. The van der Waals surface area contributed by atoms with Gasteiger partial charge in [-0.05, 0) is 11.6 Å². The van der Waals surface area contributed by atoms with Gasteiger partial charge in [0.25, 0.3) is 0 Å². The first-order chi connectivity index (χ1) is 6.29. The van der Waals surface area contributed by atoms with Crippen molar-refractivity contribution in [1.82, 2.24) is 10.3 Å². The van der Waals surface area contributed by atoms with Gasteiger partial charge in [0.05, 0.1) is 12.3 Å². The molecule has 0 saturated carbocycles. The maximum atomic E-state index is 13.2. The van der Waals surface area contributed by atoms with E-state index in [1.54, 1.807) is 12.3 Å². The van der Waals surface area contributed by atoms with Gasteiger partial charge in [0.1, 0.15) is 5.82 Å². The Morgan fingerprint density at radius 1 is 1.54 bits per heavy atom. The minimum absolute atomic E-state index is 0.136. The zero-order valence-corrected chi connectivity index (χ0v) is 7.07. The number of pyridine rings is 1. The van der Waals surface area contributed by atoms with E-state index in [4.69, 9.17) is 0 Å². The van der Waals surface area contributed by atoms with Gasteiger partial charge in [-0.1, -0.05) is 0 Å². The van der Waals surface area contributed by atoms with Crippen molar-refractivity contribution in [2.75, 3.05) is 13.1 Å². The molecule has 1 aromatic rings. The summed E-state index contributed by atoms with van der Waals surface area (Å²) in [7, 11) is 0. The summed E-state index contributed by atoms with van der Waals surface area (Å²) in [5, 5.41) is 12.5. The maximum absolute atomic E-state index is 13.2. The average Bonchev–Trinajstić information content (AvgIpc) is 2.52. The number of halogens is 1. The lowest BCUT2D eigenvalue weighted by atomic mass is 9.97. The van der Waals surface area contributed by atoms with Gasteiger partial charge in [-0.25, -0.2) is 4.39 Å².